The minimum absolute atomic E-state index is 0.268. The van der Waals surface area contributed by atoms with E-state index < -0.39 is 9.84 Å². The molecule has 1 aliphatic rings. The Morgan fingerprint density at radius 1 is 1.31 bits per heavy atom. The van der Waals surface area contributed by atoms with Gasteiger partial charge in [0.25, 0.3) is 0 Å². The normalized spacial score (nSPS) is 17.6. The van der Waals surface area contributed by atoms with Crippen molar-refractivity contribution in [2.45, 2.75) is 36.6 Å². The molecule has 16 heavy (non-hydrogen) atoms. The first kappa shape index (κ1) is 11.4. The van der Waals surface area contributed by atoms with Crippen molar-refractivity contribution in [1.82, 2.24) is 4.98 Å². The molecule has 1 heterocycles. The molecule has 0 aliphatic heterocycles. The standard InChI is InChI=1S/C11H16N2O2S/c1-16(14,15)10-6-7-11(12-8-10)13-9-4-2-3-5-9/h6-9H,2-5H2,1H3,(H,12,13). The number of nitrogens with one attached hydrogen (secondary N) is 1. The van der Waals surface area contributed by atoms with E-state index in [4.69, 9.17) is 0 Å². The van der Waals surface area contributed by atoms with Crippen LogP contribution in [-0.4, -0.2) is 25.7 Å². The van der Waals surface area contributed by atoms with Crippen molar-refractivity contribution in [1.29, 1.82) is 0 Å². The molecule has 1 saturated carbocycles. The van der Waals surface area contributed by atoms with Gasteiger partial charge in [-0.3, -0.25) is 0 Å². The van der Waals surface area contributed by atoms with E-state index in [0.717, 1.165) is 5.82 Å². The molecule has 4 nitrogen and oxygen atoms in total. The maximum Gasteiger partial charge on any atom is 0.177 e. The van der Waals surface area contributed by atoms with Crippen molar-refractivity contribution in [3.8, 4) is 0 Å². The van der Waals surface area contributed by atoms with Crippen LogP contribution in [-0.2, 0) is 9.84 Å². The second-order valence-corrected chi connectivity index (χ2v) is 6.29. The Kier molecular flexibility index (Phi) is 3.14. The number of rotatable bonds is 3. The molecule has 0 amide bonds. The van der Waals surface area contributed by atoms with E-state index >= 15 is 0 Å². The summed E-state index contributed by atoms with van der Waals surface area (Å²) < 4.78 is 22.5. The van der Waals surface area contributed by atoms with Crippen molar-refractivity contribution in [2.24, 2.45) is 0 Å². The summed E-state index contributed by atoms with van der Waals surface area (Å²) in [5.41, 5.74) is 0. The quantitative estimate of drug-likeness (QED) is 0.875. The lowest BCUT2D eigenvalue weighted by atomic mass is 10.2. The number of pyridine rings is 1. The van der Waals surface area contributed by atoms with Crippen molar-refractivity contribution < 1.29 is 8.42 Å². The fourth-order valence-corrected chi connectivity index (χ4v) is 2.52. The molecule has 1 N–H and O–H groups in total. The monoisotopic (exact) mass is 240 g/mol. The molecule has 1 aromatic rings. The molecule has 0 bridgehead atoms. The fraction of sp³-hybridized carbons (Fsp3) is 0.545. The van der Waals surface area contributed by atoms with Crippen LogP contribution in [0.2, 0.25) is 0 Å². The van der Waals surface area contributed by atoms with E-state index in [9.17, 15) is 8.42 Å². The van der Waals surface area contributed by atoms with Gasteiger partial charge in [0.1, 0.15) is 5.82 Å². The molecule has 0 spiro atoms. The second kappa shape index (κ2) is 4.41. The van der Waals surface area contributed by atoms with Crippen LogP contribution in [0.3, 0.4) is 0 Å². The Labute approximate surface area is 96.0 Å². The molecule has 0 aromatic carbocycles. The zero-order chi connectivity index (χ0) is 11.6. The van der Waals surface area contributed by atoms with E-state index in [2.05, 4.69) is 10.3 Å². The maximum absolute atomic E-state index is 11.2. The summed E-state index contributed by atoms with van der Waals surface area (Å²) >= 11 is 0. The lowest BCUT2D eigenvalue weighted by molar-refractivity contribution is 0.601. The topological polar surface area (TPSA) is 59.1 Å². The first-order valence-electron chi connectivity index (χ1n) is 5.48. The summed E-state index contributed by atoms with van der Waals surface area (Å²) in [4.78, 5) is 4.39. The van der Waals surface area contributed by atoms with Gasteiger partial charge in [0.05, 0.1) is 4.90 Å². The van der Waals surface area contributed by atoms with Crippen molar-refractivity contribution >= 4 is 15.7 Å². The average molecular weight is 240 g/mol. The third kappa shape index (κ3) is 2.72. The molecule has 0 atom stereocenters. The summed E-state index contributed by atoms with van der Waals surface area (Å²) in [7, 11) is -3.14. The first-order valence-corrected chi connectivity index (χ1v) is 7.37. The zero-order valence-electron chi connectivity index (χ0n) is 9.31. The molecule has 1 fully saturated rings. The van der Waals surface area contributed by atoms with Gasteiger partial charge in [-0.2, -0.15) is 0 Å². The number of nitrogens with zero attached hydrogens (tertiary/aromatic N) is 1. The van der Waals surface area contributed by atoms with Crippen molar-refractivity contribution in [3.05, 3.63) is 18.3 Å². The first-order chi connectivity index (χ1) is 7.55. The predicted molar refractivity (Wildman–Crippen MR) is 63.2 cm³/mol. The minimum atomic E-state index is -3.14. The van der Waals surface area contributed by atoms with Crippen LogP contribution in [0.4, 0.5) is 5.82 Å². The summed E-state index contributed by atoms with van der Waals surface area (Å²) in [6, 6.07) is 3.82. The largest absolute Gasteiger partial charge is 0.367 e. The van der Waals surface area contributed by atoms with Gasteiger partial charge in [0, 0.05) is 18.5 Å². The summed E-state index contributed by atoms with van der Waals surface area (Å²) in [5, 5.41) is 3.31. The third-order valence-corrected chi connectivity index (χ3v) is 3.97. The fourth-order valence-electron chi connectivity index (χ4n) is 1.96. The Hall–Kier alpha value is -1.10. The molecule has 5 heteroatoms. The Bertz CT molecular complexity index is 447. The van der Waals surface area contributed by atoms with Gasteiger partial charge < -0.3 is 5.32 Å². The van der Waals surface area contributed by atoms with Gasteiger partial charge >= 0.3 is 0 Å². The molecule has 0 radical (unpaired) electrons. The number of anilines is 1. The average Bonchev–Trinajstić information content (AvgIpc) is 2.70. The molecule has 88 valence electrons. The Morgan fingerprint density at radius 3 is 2.50 bits per heavy atom. The Balaban J connectivity index is 2.07. The van der Waals surface area contributed by atoms with Gasteiger partial charge in [-0.15, -0.1) is 0 Å². The summed E-state index contributed by atoms with van der Waals surface area (Å²) in [5.74, 6) is 0.763. The third-order valence-electron chi connectivity index (χ3n) is 2.87. The highest BCUT2D eigenvalue weighted by atomic mass is 32.2. The van der Waals surface area contributed by atoms with Crippen LogP contribution >= 0.6 is 0 Å². The smallest absolute Gasteiger partial charge is 0.177 e. The van der Waals surface area contributed by atoms with Gasteiger partial charge in [0.15, 0.2) is 9.84 Å². The SMILES string of the molecule is CS(=O)(=O)c1ccc(NC2CCCC2)nc1. The minimum Gasteiger partial charge on any atom is -0.367 e. The van der Waals surface area contributed by atoms with Crippen LogP contribution in [0.5, 0.6) is 0 Å². The van der Waals surface area contributed by atoms with E-state index in [0.29, 0.717) is 6.04 Å². The highest BCUT2D eigenvalue weighted by Gasteiger charge is 2.15. The predicted octanol–water partition coefficient (Wildman–Crippen LogP) is 1.84. The molecule has 0 saturated heterocycles. The number of hydrogen-bond donors (Lipinski definition) is 1. The molecular formula is C11H16N2O2S. The van der Waals surface area contributed by atoms with Crippen molar-refractivity contribution in [3.63, 3.8) is 0 Å². The molecular weight excluding hydrogens is 224 g/mol. The van der Waals surface area contributed by atoms with Gasteiger partial charge in [-0.1, -0.05) is 12.8 Å². The van der Waals surface area contributed by atoms with E-state index in [1.807, 2.05) is 0 Å². The van der Waals surface area contributed by atoms with Gasteiger partial charge in [-0.25, -0.2) is 13.4 Å². The number of aromatic nitrogens is 1. The highest BCUT2D eigenvalue weighted by molar-refractivity contribution is 7.90. The lowest BCUT2D eigenvalue weighted by Crippen LogP contribution is -2.15. The second-order valence-electron chi connectivity index (χ2n) is 4.28. The van der Waals surface area contributed by atoms with Gasteiger partial charge in [0.2, 0.25) is 0 Å². The van der Waals surface area contributed by atoms with E-state index in [1.54, 1.807) is 12.1 Å². The van der Waals surface area contributed by atoms with Crippen LogP contribution in [0.25, 0.3) is 0 Å². The van der Waals surface area contributed by atoms with Crippen LogP contribution < -0.4 is 5.32 Å². The van der Waals surface area contributed by atoms with Crippen LogP contribution in [0.15, 0.2) is 23.2 Å². The van der Waals surface area contributed by atoms with E-state index in [1.165, 1.54) is 38.1 Å². The molecule has 1 aromatic heterocycles. The van der Waals surface area contributed by atoms with Crippen LogP contribution in [0.1, 0.15) is 25.7 Å². The summed E-state index contributed by atoms with van der Waals surface area (Å²) in [6.45, 7) is 0. The molecule has 0 unspecified atom stereocenters. The van der Waals surface area contributed by atoms with Crippen LogP contribution in [0, 0.1) is 0 Å². The Morgan fingerprint density at radius 2 is 2.00 bits per heavy atom. The summed E-state index contributed by atoms with van der Waals surface area (Å²) in [6.07, 6.45) is 7.48. The van der Waals surface area contributed by atoms with Crippen molar-refractivity contribution in [2.75, 3.05) is 11.6 Å². The molecule has 1 aliphatic carbocycles. The zero-order valence-corrected chi connectivity index (χ0v) is 10.1. The van der Waals surface area contributed by atoms with E-state index in [-0.39, 0.29) is 4.90 Å². The maximum atomic E-state index is 11.2. The molecule has 2 rings (SSSR count). The number of hydrogen-bond acceptors (Lipinski definition) is 4. The lowest BCUT2D eigenvalue weighted by Gasteiger charge is -2.12. The highest BCUT2D eigenvalue weighted by Crippen LogP contribution is 2.21. The van der Waals surface area contributed by atoms with Gasteiger partial charge in [-0.05, 0) is 25.0 Å². The number of sulfone groups is 1.